The van der Waals surface area contributed by atoms with E-state index in [9.17, 15) is 4.39 Å². The van der Waals surface area contributed by atoms with Crippen LogP contribution in [0, 0.1) is 17.7 Å². The first-order valence-electron chi connectivity index (χ1n) is 4.88. The molecule has 0 saturated heterocycles. The molecule has 2 rings (SSSR count). The van der Waals surface area contributed by atoms with Gasteiger partial charge in [-0.15, -0.1) is 0 Å². The maximum atomic E-state index is 13.2. The third-order valence-corrected chi connectivity index (χ3v) is 2.10. The van der Waals surface area contributed by atoms with Gasteiger partial charge in [0.05, 0.1) is 5.56 Å². The average molecular weight is 211 g/mol. The van der Waals surface area contributed by atoms with E-state index in [4.69, 9.17) is 5.73 Å². The summed E-state index contributed by atoms with van der Waals surface area (Å²) in [5, 5.41) is 0. The number of benzene rings is 2. The smallest absolute Gasteiger partial charge is 0.138 e. The maximum Gasteiger partial charge on any atom is 0.138 e. The van der Waals surface area contributed by atoms with Crippen molar-refractivity contribution in [3.63, 3.8) is 0 Å². The Morgan fingerprint density at radius 2 is 1.75 bits per heavy atom. The number of nitrogens with two attached hydrogens (primary N) is 1. The van der Waals surface area contributed by atoms with Crippen LogP contribution in [0.2, 0.25) is 0 Å². The summed E-state index contributed by atoms with van der Waals surface area (Å²) in [4.78, 5) is 0. The predicted molar refractivity (Wildman–Crippen MR) is 63.2 cm³/mol. The lowest BCUT2D eigenvalue weighted by atomic mass is 10.1. The summed E-state index contributed by atoms with van der Waals surface area (Å²) in [6, 6.07) is 13.6. The molecule has 78 valence electrons. The first kappa shape index (κ1) is 10.3. The lowest BCUT2D eigenvalue weighted by molar-refractivity contribution is 0.624. The highest BCUT2D eigenvalue weighted by molar-refractivity contribution is 5.49. The summed E-state index contributed by atoms with van der Waals surface area (Å²) in [6.07, 6.45) is 0. The van der Waals surface area contributed by atoms with E-state index in [0.717, 1.165) is 5.56 Å². The molecule has 2 aromatic rings. The van der Waals surface area contributed by atoms with Gasteiger partial charge in [0.15, 0.2) is 0 Å². The molecular formula is C14H10FN. The Morgan fingerprint density at radius 3 is 2.50 bits per heavy atom. The van der Waals surface area contributed by atoms with Crippen LogP contribution in [0.25, 0.3) is 0 Å². The van der Waals surface area contributed by atoms with Crippen molar-refractivity contribution < 1.29 is 4.39 Å². The zero-order valence-electron chi connectivity index (χ0n) is 8.57. The summed E-state index contributed by atoms with van der Waals surface area (Å²) in [7, 11) is 0. The highest BCUT2D eigenvalue weighted by Gasteiger charge is 1.94. The second-order valence-electron chi connectivity index (χ2n) is 3.36. The van der Waals surface area contributed by atoms with Crippen molar-refractivity contribution >= 4 is 5.69 Å². The standard InChI is InChI=1S/C14H10FN/c15-14-7-2-1-5-12(14)9-8-11-4-3-6-13(16)10-11/h1-7,10H,16H2. The Labute approximate surface area is 93.7 Å². The minimum absolute atomic E-state index is 0.307. The quantitative estimate of drug-likeness (QED) is 0.526. The molecule has 0 aliphatic rings. The van der Waals surface area contributed by atoms with Crippen LogP contribution >= 0.6 is 0 Å². The van der Waals surface area contributed by atoms with Gasteiger partial charge in [0.2, 0.25) is 0 Å². The molecule has 0 aliphatic heterocycles. The Balaban J connectivity index is 2.32. The monoisotopic (exact) mass is 211 g/mol. The summed E-state index contributed by atoms with van der Waals surface area (Å²) >= 11 is 0. The largest absolute Gasteiger partial charge is 0.399 e. The molecule has 0 amide bonds. The molecule has 0 heterocycles. The Bertz CT molecular complexity index is 564. The molecule has 0 fully saturated rings. The second kappa shape index (κ2) is 4.50. The third kappa shape index (κ3) is 2.40. The average Bonchev–Trinajstić information content (AvgIpc) is 2.28. The molecule has 0 radical (unpaired) electrons. The summed E-state index contributed by atoms with van der Waals surface area (Å²) in [6.45, 7) is 0. The zero-order chi connectivity index (χ0) is 11.4. The normalized spacial score (nSPS) is 9.31. The molecule has 0 saturated carbocycles. The molecule has 0 atom stereocenters. The van der Waals surface area contributed by atoms with Gasteiger partial charge < -0.3 is 5.73 Å². The van der Waals surface area contributed by atoms with Gasteiger partial charge in [-0.05, 0) is 30.3 Å². The number of anilines is 1. The number of nitrogen functional groups attached to an aromatic ring is 1. The number of rotatable bonds is 0. The SMILES string of the molecule is Nc1cccc(C#Cc2ccccc2F)c1. The van der Waals surface area contributed by atoms with Gasteiger partial charge in [-0.3, -0.25) is 0 Å². The van der Waals surface area contributed by atoms with Crippen LogP contribution in [0.1, 0.15) is 11.1 Å². The van der Waals surface area contributed by atoms with Gasteiger partial charge in [0, 0.05) is 11.3 Å². The minimum Gasteiger partial charge on any atom is -0.399 e. The lowest BCUT2D eigenvalue weighted by Gasteiger charge is -1.93. The first-order valence-corrected chi connectivity index (χ1v) is 4.88. The van der Waals surface area contributed by atoms with Crippen molar-refractivity contribution in [2.24, 2.45) is 0 Å². The van der Waals surface area contributed by atoms with Crippen molar-refractivity contribution in [1.29, 1.82) is 0 Å². The molecule has 16 heavy (non-hydrogen) atoms. The van der Waals surface area contributed by atoms with Gasteiger partial charge in [-0.2, -0.15) is 0 Å². The van der Waals surface area contributed by atoms with Gasteiger partial charge in [0.1, 0.15) is 5.82 Å². The molecule has 0 unspecified atom stereocenters. The molecule has 2 N–H and O–H groups in total. The molecule has 1 nitrogen and oxygen atoms in total. The van der Waals surface area contributed by atoms with Crippen LogP contribution in [-0.2, 0) is 0 Å². The van der Waals surface area contributed by atoms with Gasteiger partial charge in [-0.25, -0.2) is 4.39 Å². The predicted octanol–water partition coefficient (Wildman–Crippen LogP) is 2.81. The summed E-state index contributed by atoms with van der Waals surface area (Å²) < 4.78 is 13.2. The maximum absolute atomic E-state index is 13.2. The fraction of sp³-hybridized carbons (Fsp3) is 0. The molecular weight excluding hydrogens is 201 g/mol. The van der Waals surface area contributed by atoms with Crippen molar-refractivity contribution in [2.45, 2.75) is 0 Å². The van der Waals surface area contributed by atoms with E-state index < -0.39 is 0 Å². The van der Waals surface area contributed by atoms with Crippen LogP contribution in [0.4, 0.5) is 10.1 Å². The molecule has 2 aromatic carbocycles. The van der Waals surface area contributed by atoms with Crippen LogP contribution in [0.15, 0.2) is 48.5 Å². The van der Waals surface area contributed by atoms with E-state index in [0.29, 0.717) is 11.3 Å². The number of hydrogen-bond donors (Lipinski definition) is 1. The fourth-order valence-corrected chi connectivity index (χ4v) is 1.32. The highest BCUT2D eigenvalue weighted by Crippen LogP contribution is 2.07. The van der Waals surface area contributed by atoms with E-state index in [1.807, 2.05) is 12.1 Å². The van der Waals surface area contributed by atoms with Gasteiger partial charge in [0.25, 0.3) is 0 Å². The van der Waals surface area contributed by atoms with Crippen molar-refractivity contribution in [3.8, 4) is 11.8 Å². The van der Waals surface area contributed by atoms with Crippen LogP contribution in [-0.4, -0.2) is 0 Å². The molecule has 0 spiro atoms. The highest BCUT2D eigenvalue weighted by atomic mass is 19.1. The lowest BCUT2D eigenvalue weighted by Crippen LogP contribution is -1.85. The van der Waals surface area contributed by atoms with Crippen LogP contribution in [0.3, 0.4) is 0 Å². The van der Waals surface area contributed by atoms with E-state index in [2.05, 4.69) is 11.8 Å². The third-order valence-electron chi connectivity index (χ3n) is 2.10. The molecule has 0 bridgehead atoms. The van der Waals surface area contributed by atoms with Crippen molar-refractivity contribution in [3.05, 3.63) is 65.5 Å². The second-order valence-corrected chi connectivity index (χ2v) is 3.36. The van der Waals surface area contributed by atoms with Crippen molar-refractivity contribution in [2.75, 3.05) is 5.73 Å². The van der Waals surface area contributed by atoms with Crippen LogP contribution < -0.4 is 5.73 Å². The Morgan fingerprint density at radius 1 is 0.938 bits per heavy atom. The topological polar surface area (TPSA) is 26.0 Å². The first-order chi connectivity index (χ1) is 7.75. The Hall–Kier alpha value is -2.27. The Kier molecular flexibility index (Phi) is 2.88. The van der Waals surface area contributed by atoms with E-state index in [-0.39, 0.29) is 5.82 Å². The van der Waals surface area contributed by atoms with E-state index in [1.54, 1.807) is 30.3 Å². The number of hydrogen-bond acceptors (Lipinski definition) is 1. The fourth-order valence-electron chi connectivity index (χ4n) is 1.32. The number of halogens is 1. The van der Waals surface area contributed by atoms with Crippen molar-refractivity contribution in [1.82, 2.24) is 0 Å². The minimum atomic E-state index is -0.307. The summed E-state index contributed by atoms with van der Waals surface area (Å²) in [5.74, 6) is 5.34. The van der Waals surface area contributed by atoms with Gasteiger partial charge in [-0.1, -0.05) is 30.0 Å². The van der Waals surface area contributed by atoms with E-state index in [1.165, 1.54) is 6.07 Å². The molecule has 2 heteroatoms. The molecule has 0 aliphatic carbocycles. The molecule has 0 aromatic heterocycles. The van der Waals surface area contributed by atoms with Crippen LogP contribution in [0.5, 0.6) is 0 Å². The summed E-state index contributed by atoms with van der Waals surface area (Å²) in [5.41, 5.74) is 7.44. The van der Waals surface area contributed by atoms with Gasteiger partial charge >= 0.3 is 0 Å². The zero-order valence-corrected chi connectivity index (χ0v) is 8.57. The van der Waals surface area contributed by atoms with E-state index >= 15 is 0 Å².